The van der Waals surface area contributed by atoms with Crippen LogP contribution in [0.4, 0.5) is 0 Å². The Balaban J connectivity index is 1.27. The normalized spacial score (nSPS) is 20.8. The van der Waals surface area contributed by atoms with E-state index in [0.717, 1.165) is 23.9 Å². The molecule has 168 valence electrons. The Labute approximate surface area is 192 Å². The summed E-state index contributed by atoms with van der Waals surface area (Å²) in [4.78, 5) is 19.8. The fourth-order valence-electron chi connectivity index (χ4n) is 4.64. The number of hydrogen-bond donors (Lipinski definition) is 0. The highest BCUT2D eigenvalue weighted by Gasteiger charge is 2.42. The zero-order valence-corrected chi connectivity index (χ0v) is 19.1. The van der Waals surface area contributed by atoms with Gasteiger partial charge in [-0.05, 0) is 62.1 Å². The first-order chi connectivity index (χ1) is 15.4. The number of piperidine rings is 1. The number of rotatable bonds is 4. The van der Waals surface area contributed by atoms with E-state index in [1.807, 2.05) is 24.3 Å². The molecule has 2 aliphatic rings. The number of amides is 1. The molecule has 2 fully saturated rings. The van der Waals surface area contributed by atoms with Crippen LogP contribution in [-0.4, -0.2) is 54.2 Å². The van der Waals surface area contributed by atoms with E-state index in [0.29, 0.717) is 43.4 Å². The van der Waals surface area contributed by atoms with E-state index in [2.05, 4.69) is 4.98 Å². The minimum atomic E-state index is -3.75. The summed E-state index contributed by atoms with van der Waals surface area (Å²) in [7, 11) is -3.75. The number of benzene rings is 2. The third kappa shape index (κ3) is 3.91. The van der Waals surface area contributed by atoms with Crippen molar-refractivity contribution in [3.63, 3.8) is 0 Å². The maximum Gasteiger partial charge on any atom is 0.243 e. The monoisotopic (exact) mass is 473 g/mol. The van der Waals surface area contributed by atoms with Crippen LogP contribution in [0.1, 0.15) is 37.5 Å². The summed E-state index contributed by atoms with van der Waals surface area (Å²) in [6.07, 6.45) is 2.70. The Morgan fingerprint density at radius 3 is 2.44 bits per heavy atom. The van der Waals surface area contributed by atoms with Crippen LogP contribution in [0.2, 0.25) is 5.02 Å². The van der Waals surface area contributed by atoms with Gasteiger partial charge in [-0.15, -0.1) is 0 Å². The molecule has 3 aromatic rings. The fraction of sp³-hybridized carbons (Fsp3) is 0.391. The molecule has 1 atom stereocenters. The average molecular weight is 474 g/mol. The first-order valence-corrected chi connectivity index (χ1v) is 12.7. The number of carbonyl (C=O) groups is 1. The molecular weight excluding hydrogens is 450 g/mol. The van der Waals surface area contributed by atoms with E-state index in [1.54, 1.807) is 17.0 Å². The highest BCUT2D eigenvalue weighted by molar-refractivity contribution is 7.89. The number of aromatic nitrogens is 1. The third-order valence-electron chi connectivity index (χ3n) is 6.38. The number of fused-ring (bicyclic) bond motifs is 1. The summed E-state index contributed by atoms with van der Waals surface area (Å²) in [6.45, 7) is 1.47. The number of oxazole rings is 1. The maximum atomic E-state index is 13.3. The van der Waals surface area contributed by atoms with Crippen molar-refractivity contribution in [3.05, 3.63) is 59.4 Å². The van der Waals surface area contributed by atoms with Crippen molar-refractivity contribution in [2.75, 3.05) is 19.6 Å². The van der Waals surface area contributed by atoms with Gasteiger partial charge in [0, 0.05) is 30.6 Å². The smallest absolute Gasteiger partial charge is 0.243 e. The van der Waals surface area contributed by atoms with Crippen molar-refractivity contribution < 1.29 is 17.6 Å². The molecule has 0 N–H and O–H groups in total. The van der Waals surface area contributed by atoms with Gasteiger partial charge in [-0.3, -0.25) is 4.79 Å². The number of likely N-dealkylation sites (tertiary alicyclic amines) is 1. The van der Waals surface area contributed by atoms with E-state index in [1.165, 1.54) is 16.4 Å². The third-order valence-corrected chi connectivity index (χ3v) is 8.55. The number of carbonyl (C=O) groups excluding carboxylic acids is 1. The Morgan fingerprint density at radius 2 is 1.72 bits per heavy atom. The van der Waals surface area contributed by atoms with Crippen molar-refractivity contribution in [2.45, 2.75) is 42.5 Å². The first-order valence-electron chi connectivity index (χ1n) is 10.8. The van der Waals surface area contributed by atoms with Gasteiger partial charge in [-0.2, -0.15) is 4.31 Å². The van der Waals surface area contributed by atoms with Crippen LogP contribution >= 0.6 is 11.6 Å². The zero-order valence-electron chi connectivity index (χ0n) is 17.5. The number of para-hydroxylation sites is 2. The minimum absolute atomic E-state index is 0.115. The number of nitrogens with zero attached hydrogens (tertiary/aromatic N) is 3. The highest BCUT2D eigenvalue weighted by Crippen LogP contribution is 2.32. The second-order valence-corrected chi connectivity index (χ2v) is 10.7. The molecule has 1 amide bonds. The van der Waals surface area contributed by atoms with Crippen LogP contribution in [0.3, 0.4) is 0 Å². The van der Waals surface area contributed by atoms with Gasteiger partial charge in [0.1, 0.15) is 11.6 Å². The molecule has 0 saturated carbocycles. The van der Waals surface area contributed by atoms with Gasteiger partial charge in [0.25, 0.3) is 0 Å². The molecule has 0 unspecified atom stereocenters. The molecule has 3 heterocycles. The van der Waals surface area contributed by atoms with Crippen LogP contribution in [-0.2, 0) is 14.8 Å². The molecule has 2 saturated heterocycles. The molecule has 1 aromatic heterocycles. The van der Waals surface area contributed by atoms with Crippen LogP contribution in [0.5, 0.6) is 0 Å². The predicted octanol–water partition coefficient (Wildman–Crippen LogP) is 4.04. The molecule has 2 aliphatic heterocycles. The predicted molar refractivity (Wildman–Crippen MR) is 121 cm³/mol. The zero-order chi connectivity index (χ0) is 22.3. The summed E-state index contributed by atoms with van der Waals surface area (Å²) in [6, 6.07) is 13.1. The van der Waals surface area contributed by atoms with Gasteiger partial charge in [0.2, 0.25) is 15.9 Å². The summed E-state index contributed by atoms with van der Waals surface area (Å²) >= 11 is 5.90. The van der Waals surface area contributed by atoms with Crippen LogP contribution in [0.25, 0.3) is 11.1 Å². The Hall–Kier alpha value is -2.42. The molecule has 32 heavy (non-hydrogen) atoms. The van der Waals surface area contributed by atoms with Crippen molar-refractivity contribution in [2.24, 2.45) is 0 Å². The second kappa shape index (κ2) is 8.50. The van der Waals surface area contributed by atoms with Crippen molar-refractivity contribution >= 4 is 38.6 Å². The Morgan fingerprint density at radius 1 is 1.00 bits per heavy atom. The Bertz CT molecular complexity index is 1200. The molecular formula is C23H24ClN3O4S. The van der Waals surface area contributed by atoms with E-state index in [-0.39, 0.29) is 16.7 Å². The number of hydrogen-bond acceptors (Lipinski definition) is 5. The first kappa shape index (κ1) is 21.4. The lowest BCUT2D eigenvalue weighted by molar-refractivity contribution is -0.135. The van der Waals surface area contributed by atoms with Crippen LogP contribution < -0.4 is 0 Å². The van der Waals surface area contributed by atoms with Gasteiger partial charge in [-0.25, -0.2) is 13.4 Å². The SMILES string of the molecule is O=C([C@@H]1CCCN1S(=O)(=O)c1ccc(Cl)cc1)N1CCC(c2nc3ccccc3o2)CC1. The highest BCUT2D eigenvalue weighted by atomic mass is 35.5. The molecule has 7 nitrogen and oxygen atoms in total. The lowest BCUT2D eigenvalue weighted by Gasteiger charge is -2.34. The summed E-state index contributed by atoms with van der Waals surface area (Å²) in [5, 5.41) is 0.472. The topological polar surface area (TPSA) is 83.7 Å². The number of sulfonamides is 1. The molecule has 0 bridgehead atoms. The van der Waals surface area contributed by atoms with Gasteiger partial charge < -0.3 is 9.32 Å². The molecule has 2 aromatic carbocycles. The molecule has 5 rings (SSSR count). The summed E-state index contributed by atoms with van der Waals surface area (Å²) in [5.41, 5.74) is 1.62. The quantitative estimate of drug-likeness (QED) is 0.571. The van der Waals surface area contributed by atoms with Crippen LogP contribution in [0.15, 0.2) is 57.8 Å². The average Bonchev–Trinajstić information content (AvgIpc) is 3.47. The van der Waals surface area contributed by atoms with Crippen molar-refractivity contribution in [1.82, 2.24) is 14.2 Å². The summed E-state index contributed by atoms with van der Waals surface area (Å²) in [5.74, 6) is 0.756. The lowest BCUT2D eigenvalue weighted by atomic mass is 9.96. The van der Waals surface area contributed by atoms with E-state index in [9.17, 15) is 13.2 Å². The van der Waals surface area contributed by atoms with Gasteiger partial charge in [0.05, 0.1) is 4.90 Å². The Kier molecular flexibility index (Phi) is 5.69. The van der Waals surface area contributed by atoms with E-state index in [4.69, 9.17) is 16.0 Å². The van der Waals surface area contributed by atoms with Crippen LogP contribution in [0, 0.1) is 0 Å². The van der Waals surface area contributed by atoms with Gasteiger partial charge in [-0.1, -0.05) is 23.7 Å². The largest absolute Gasteiger partial charge is 0.440 e. The van der Waals surface area contributed by atoms with E-state index >= 15 is 0 Å². The standard InChI is InChI=1S/C23H24ClN3O4S/c24-17-7-9-18(10-8-17)32(29,30)27-13-3-5-20(27)23(28)26-14-11-16(12-15-26)22-25-19-4-1-2-6-21(19)31-22/h1-2,4,6-10,16,20H,3,5,11-15H2/t20-/m0/s1. The van der Waals surface area contributed by atoms with E-state index < -0.39 is 16.1 Å². The second-order valence-electron chi connectivity index (χ2n) is 8.35. The van der Waals surface area contributed by atoms with Gasteiger partial charge in [0.15, 0.2) is 11.5 Å². The molecule has 0 aliphatic carbocycles. The fourth-order valence-corrected chi connectivity index (χ4v) is 6.42. The maximum absolute atomic E-state index is 13.3. The molecule has 0 spiro atoms. The molecule has 0 radical (unpaired) electrons. The van der Waals surface area contributed by atoms with Crippen molar-refractivity contribution in [3.8, 4) is 0 Å². The van der Waals surface area contributed by atoms with Crippen molar-refractivity contribution in [1.29, 1.82) is 0 Å². The lowest BCUT2D eigenvalue weighted by Crippen LogP contribution is -2.49. The minimum Gasteiger partial charge on any atom is -0.440 e. The molecule has 9 heteroatoms. The number of halogens is 1. The van der Waals surface area contributed by atoms with Gasteiger partial charge >= 0.3 is 0 Å². The summed E-state index contributed by atoms with van der Waals surface area (Å²) < 4.78 is 33.6.